The standard InChI is InChI=1S/C16H25FN2O/c1-4-16(5-2,11-18)19-15(20)10-12(3)13-8-6-7-9-14(13)17/h6-9,12H,4-5,10-11,18H2,1-3H3,(H,19,20). The minimum atomic E-state index is -0.341. The molecule has 20 heavy (non-hydrogen) atoms. The van der Waals surface area contributed by atoms with Gasteiger partial charge in [0.2, 0.25) is 5.91 Å². The van der Waals surface area contributed by atoms with E-state index in [1.807, 2.05) is 20.8 Å². The van der Waals surface area contributed by atoms with Crippen molar-refractivity contribution in [3.8, 4) is 0 Å². The predicted octanol–water partition coefficient (Wildman–Crippen LogP) is 2.95. The van der Waals surface area contributed by atoms with Gasteiger partial charge in [-0.2, -0.15) is 0 Å². The lowest BCUT2D eigenvalue weighted by atomic mass is 9.91. The molecule has 0 radical (unpaired) electrons. The maximum Gasteiger partial charge on any atom is 0.221 e. The first-order valence-corrected chi connectivity index (χ1v) is 7.23. The van der Waals surface area contributed by atoms with E-state index in [1.54, 1.807) is 18.2 Å². The van der Waals surface area contributed by atoms with Gasteiger partial charge in [-0.05, 0) is 30.4 Å². The Bertz CT molecular complexity index is 436. The van der Waals surface area contributed by atoms with Gasteiger partial charge in [-0.3, -0.25) is 4.79 Å². The van der Waals surface area contributed by atoms with Crippen LogP contribution in [0.25, 0.3) is 0 Å². The van der Waals surface area contributed by atoms with E-state index < -0.39 is 0 Å². The van der Waals surface area contributed by atoms with Crippen LogP contribution in [-0.4, -0.2) is 18.0 Å². The Kier molecular flexibility index (Phi) is 6.14. The van der Waals surface area contributed by atoms with Crippen LogP contribution in [-0.2, 0) is 4.79 Å². The maximum atomic E-state index is 13.7. The van der Waals surface area contributed by atoms with Crippen molar-refractivity contribution >= 4 is 5.91 Å². The van der Waals surface area contributed by atoms with Crippen LogP contribution in [0.15, 0.2) is 24.3 Å². The number of carbonyl (C=O) groups excluding carboxylic acids is 1. The molecule has 1 aromatic rings. The van der Waals surface area contributed by atoms with Gasteiger partial charge in [0, 0.05) is 13.0 Å². The van der Waals surface area contributed by atoms with Crippen molar-refractivity contribution in [2.24, 2.45) is 5.73 Å². The second-order valence-corrected chi connectivity index (χ2v) is 5.37. The molecule has 0 saturated heterocycles. The molecule has 0 heterocycles. The molecule has 1 rings (SSSR count). The van der Waals surface area contributed by atoms with Gasteiger partial charge in [-0.15, -0.1) is 0 Å². The molecule has 1 atom stereocenters. The number of rotatable bonds is 7. The molecule has 112 valence electrons. The number of hydrogen-bond donors (Lipinski definition) is 2. The fourth-order valence-electron chi connectivity index (χ4n) is 2.38. The van der Waals surface area contributed by atoms with Crippen LogP contribution < -0.4 is 11.1 Å². The van der Waals surface area contributed by atoms with Crippen molar-refractivity contribution < 1.29 is 9.18 Å². The van der Waals surface area contributed by atoms with E-state index in [4.69, 9.17) is 5.73 Å². The lowest BCUT2D eigenvalue weighted by Gasteiger charge is -2.32. The van der Waals surface area contributed by atoms with Crippen LogP contribution in [0.1, 0.15) is 51.5 Å². The minimum Gasteiger partial charge on any atom is -0.349 e. The van der Waals surface area contributed by atoms with Crippen molar-refractivity contribution in [3.63, 3.8) is 0 Å². The fraction of sp³-hybridized carbons (Fsp3) is 0.562. The topological polar surface area (TPSA) is 55.1 Å². The van der Waals surface area contributed by atoms with Crippen molar-refractivity contribution in [1.82, 2.24) is 5.32 Å². The Balaban J connectivity index is 2.69. The molecular weight excluding hydrogens is 255 g/mol. The highest BCUT2D eigenvalue weighted by molar-refractivity contribution is 5.77. The first-order chi connectivity index (χ1) is 9.48. The van der Waals surface area contributed by atoms with E-state index in [1.165, 1.54) is 6.07 Å². The van der Waals surface area contributed by atoms with Gasteiger partial charge in [-0.1, -0.05) is 39.0 Å². The summed E-state index contributed by atoms with van der Waals surface area (Å²) < 4.78 is 13.7. The summed E-state index contributed by atoms with van der Waals surface area (Å²) in [4.78, 5) is 12.1. The second-order valence-electron chi connectivity index (χ2n) is 5.37. The highest BCUT2D eigenvalue weighted by atomic mass is 19.1. The molecule has 0 spiro atoms. The molecule has 1 amide bonds. The zero-order chi connectivity index (χ0) is 15.2. The smallest absolute Gasteiger partial charge is 0.221 e. The molecule has 0 aliphatic carbocycles. The average Bonchev–Trinajstić information content (AvgIpc) is 2.45. The third-order valence-electron chi connectivity index (χ3n) is 4.08. The van der Waals surface area contributed by atoms with Crippen molar-refractivity contribution in [1.29, 1.82) is 0 Å². The Hall–Kier alpha value is -1.42. The maximum absolute atomic E-state index is 13.7. The van der Waals surface area contributed by atoms with Crippen LogP contribution in [0.3, 0.4) is 0 Å². The number of hydrogen-bond acceptors (Lipinski definition) is 2. The van der Waals surface area contributed by atoms with E-state index in [0.29, 0.717) is 12.1 Å². The first kappa shape index (κ1) is 16.6. The zero-order valence-electron chi connectivity index (χ0n) is 12.6. The van der Waals surface area contributed by atoms with E-state index in [-0.39, 0.29) is 29.6 Å². The van der Waals surface area contributed by atoms with Crippen LogP contribution in [0.4, 0.5) is 4.39 Å². The summed E-state index contributed by atoms with van der Waals surface area (Å²) in [5.74, 6) is -0.487. The Morgan fingerprint density at radius 2 is 1.95 bits per heavy atom. The lowest BCUT2D eigenvalue weighted by molar-refractivity contribution is -0.123. The normalized spacial score (nSPS) is 13.1. The van der Waals surface area contributed by atoms with Crippen molar-refractivity contribution in [3.05, 3.63) is 35.6 Å². The molecule has 0 aromatic heterocycles. The quantitative estimate of drug-likeness (QED) is 0.807. The summed E-state index contributed by atoms with van der Waals surface area (Å²) in [6, 6.07) is 6.59. The second kappa shape index (κ2) is 7.39. The van der Waals surface area contributed by atoms with Gasteiger partial charge in [-0.25, -0.2) is 4.39 Å². The van der Waals surface area contributed by atoms with Gasteiger partial charge in [0.1, 0.15) is 5.82 Å². The molecule has 3 nitrogen and oxygen atoms in total. The third-order valence-corrected chi connectivity index (χ3v) is 4.08. The summed E-state index contributed by atoms with van der Waals surface area (Å²) in [6.45, 7) is 6.30. The monoisotopic (exact) mass is 280 g/mol. The Labute approximate surface area is 120 Å². The van der Waals surface area contributed by atoms with Gasteiger partial charge in [0.05, 0.1) is 5.54 Å². The van der Waals surface area contributed by atoms with E-state index in [2.05, 4.69) is 5.32 Å². The van der Waals surface area contributed by atoms with E-state index in [9.17, 15) is 9.18 Å². The molecule has 0 saturated carbocycles. The summed E-state index contributed by atoms with van der Waals surface area (Å²) in [6.07, 6.45) is 1.85. The van der Waals surface area contributed by atoms with Crippen LogP contribution >= 0.6 is 0 Å². The molecule has 0 aliphatic heterocycles. The van der Waals surface area contributed by atoms with Crippen LogP contribution in [0.2, 0.25) is 0 Å². The van der Waals surface area contributed by atoms with E-state index in [0.717, 1.165) is 12.8 Å². The van der Waals surface area contributed by atoms with Gasteiger partial charge in [0.25, 0.3) is 0 Å². The van der Waals surface area contributed by atoms with Crippen molar-refractivity contribution in [2.45, 2.75) is 51.5 Å². The number of nitrogens with two attached hydrogens (primary N) is 1. The van der Waals surface area contributed by atoms with Crippen LogP contribution in [0, 0.1) is 5.82 Å². The Morgan fingerprint density at radius 1 is 1.35 bits per heavy atom. The lowest BCUT2D eigenvalue weighted by Crippen LogP contribution is -2.53. The molecule has 4 heteroatoms. The summed E-state index contributed by atoms with van der Waals surface area (Å²) >= 11 is 0. The van der Waals surface area contributed by atoms with Gasteiger partial charge >= 0.3 is 0 Å². The molecule has 3 N–H and O–H groups in total. The van der Waals surface area contributed by atoms with Gasteiger partial charge < -0.3 is 11.1 Å². The zero-order valence-corrected chi connectivity index (χ0v) is 12.6. The largest absolute Gasteiger partial charge is 0.349 e. The molecule has 0 aliphatic rings. The molecular formula is C16H25FN2O. The van der Waals surface area contributed by atoms with Crippen molar-refractivity contribution in [2.75, 3.05) is 6.54 Å². The molecule has 1 aromatic carbocycles. The predicted molar refractivity (Wildman–Crippen MR) is 79.9 cm³/mol. The highest BCUT2D eigenvalue weighted by Crippen LogP contribution is 2.22. The molecule has 0 bridgehead atoms. The Morgan fingerprint density at radius 3 is 2.45 bits per heavy atom. The number of amides is 1. The van der Waals surface area contributed by atoms with E-state index >= 15 is 0 Å². The number of nitrogens with one attached hydrogen (secondary N) is 1. The summed E-state index contributed by atoms with van der Waals surface area (Å²) in [5.41, 5.74) is 6.00. The average molecular weight is 280 g/mol. The number of benzene rings is 1. The van der Waals surface area contributed by atoms with Crippen LogP contribution in [0.5, 0.6) is 0 Å². The van der Waals surface area contributed by atoms with Gasteiger partial charge in [0.15, 0.2) is 0 Å². The third kappa shape index (κ3) is 4.04. The first-order valence-electron chi connectivity index (χ1n) is 7.23. The SMILES string of the molecule is CCC(CC)(CN)NC(=O)CC(C)c1ccccc1F. The molecule has 1 unspecified atom stereocenters. The summed E-state index contributed by atoms with van der Waals surface area (Å²) in [7, 11) is 0. The number of halogens is 1. The summed E-state index contributed by atoms with van der Waals surface area (Å²) in [5, 5.41) is 3.01. The number of carbonyl (C=O) groups is 1. The fourth-order valence-corrected chi connectivity index (χ4v) is 2.38. The minimum absolute atomic E-state index is 0.0742. The molecule has 0 fully saturated rings. The highest BCUT2D eigenvalue weighted by Gasteiger charge is 2.27.